The van der Waals surface area contributed by atoms with Crippen LogP contribution in [-0.2, 0) is 0 Å². The summed E-state index contributed by atoms with van der Waals surface area (Å²) in [6.07, 6.45) is 2.31. The Labute approximate surface area is 67.2 Å². The number of piperidine rings is 1. The first kappa shape index (κ1) is 8.33. The van der Waals surface area contributed by atoms with E-state index in [4.69, 9.17) is 11.1 Å². The largest absolute Gasteiger partial charge is 0.369 e. The molecule has 0 saturated carbocycles. The summed E-state index contributed by atoms with van der Waals surface area (Å²) in [5.74, 6) is 0.481. The number of rotatable bonds is 1. The molecule has 0 bridgehead atoms. The van der Waals surface area contributed by atoms with Crippen molar-refractivity contribution in [3.05, 3.63) is 6.92 Å². The van der Waals surface area contributed by atoms with Crippen molar-refractivity contribution in [2.24, 2.45) is 11.7 Å². The molecule has 1 aliphatic heterocycles. The fourth-order valence-electron chi connectivity index (χ4n) is 1.34. The molecule has 1 saturated heterocycles. The number of guanidine groups is 1. The van der Waals surface area contributed by atoms with Gasteiger partial charge in [-0.2, -0.15) is 0 Å². The summed E-state index contributed by atoms with van der Waals surface area (Å²) < 4.78 is 0. The standard InChI is InChI=1S/C7H15N4/c1-6-3-2-4-11(5-6)10-7(8)9/h6H,1-5H2,(H4,8,9,10). The maximum absolute atomic E-state index is 7.00. The van der Waals surface area contributed by atoms with Crippen LogP contribution in [0.25, 0.3) is 0 Å². The summed E-state index contributed by atoms with van der Waals surface area (Å²) in [4.78, 5) is 0. The van der Waals surface area contributed by atoms with Crippen LogP contribution in [0.4, 0.5) is 0 Å². The third-order valence-electron chi connectivity index (χ3n) is 1.80. The molecular weight excluding hydrogens is 140 g/mol. The van der Waals surface area contributed by atoms with E-state index in [0.29, 0.717) is 5.92 Å². The summed E-state index contributed by atoms with van der Waals surface area (Å²) >= 11 is 0. The highest BCUT2D eigenvalue weighted by Crippen LogP contribution is 2.12. The normalized spacial score (nSPS) is 26.5. The van der Waals surface area contributed by atoms with Crippen molar-refractivity contribution in [2.45, 2.75) is 12.8 Å². The zero-order valence-electron chi connectivity index (χ0n) is 6.64. The van der Waals surface area contributed by atoms with Crippen LogP contribution in [0.5, 0.6) is 0 Å². The molecule has 0 spiro atoms. The van der Waals surface area contributed by atoms with Crippen LogP contribution in [0.2, 0.25) is 0 Å². The van der Waals surface area contributed by atoms with Crippen LogP contribution in [0.3, 0.4) is 0 Å². The van der Waals surface area contributed by atoms with E-state index in [0.717, 1.165) is 19.5 Å². The van der Waals surface area contributed by atoms with Crippen molar-refractivity contribution in [3.8, 4) is 0 Å². The molecule has 4 heteroatoms. The van der Waals surface area contributed by atoms with Gasteiger partial charge in [0.2, 0.25) is 5.96 Å². The Kier molecular flexibility index (Phi) is 2.70. The minimum Gasteiger partial charge on any atom is -0.369 e. The highest BCUT2D eigenvalue weighted by Gasteiger charge is 2.15. The topological polar surface area (TPSA) is 65.1 Å². The van der Waals surface area contributed by atoms with Crippen molar-refractivity contribution in [3.63, 3.8) is 0 Å². The lowest BCUT2D eigenvalue weighted by atomic mass is 10.0. The van der Waals surface area contributed by atoms with Gasteiger partial charge in [-0.3, -0.25) is 10.8 Å². The van der Waals surface area contributed by atoms with Crippen molar-refractivity contribution < 1.29 is 0 Å². The van der Waals surface area contributed by atoms with E-state index >= 15 is 0 Å². The van der Waals surface area contributed by atoms with E-state index in [1.54, 1.807) is 0 Å². The van der Waals surface area contributed by atoms with Gasteiger partial charge < -0.3 is 5.73 Å². The lowest BCUT2D eigenvalue weighted by Gasteiger charge is -2.30. The maximum Gasteiger partial charge on any atom is 0.200 e. The summed E-state index contributed by atoms with van der Waals surface area (Å²) in [5, 5.41) is 8.95. The Morgan fingerprint density at radius 2 is 2.45 bits per heavy atom. The Morgan fingerprint density at radius 3 is 3.00 bits per heavy atom. The molecule has 0 aromatic carbocycles. The molecule has 1 atom stereocenters. The highest BCUT2D eigenvalue weighted by atomic mass is 15.5. The molecule has 1 unspecified atom stereocenters. The minimum absolute atomic E-state index is 0.0131. The van der Waals surface area contributed by atoms with Gasteiger partial charge in [-0.05, 0) is 25.7 Å². The monoisotopic (exact) mass is 155 g/mol. The summed E-state index contributed by atoms with van der Waals surface area (Å²) in [5.41, 5.74) is 7.95. The van der Waals surface area contributed by atoms with Crippen LogP contribution in [0, 0.1) is 18.3 Å². The fraction of sp³-hybridized carbons (Fsp3) is 0.714. The average Bonchev–Trinajstić information content (AvgIpc) is 1.85. The summed E-state index contributed by atoms with van der Waals surface area (Å²) in [6.45, 7) is 5.81. The fourth-order valence-corrected chi connectivity index (χ4v) is 1.34. The Morgan fingerprint density at radius 1 is 1.73 bits per heavy atom. The second kappa shape index (κ2) is 3.57. The molecule has 1 radical (unpaired) electrons. The first-order valence-electron chi connectivity index (χ1n) is 3.87. The molecule has 11 heavy (non-hydrogen) atoms. The van der Waals surface area contributed by atoms with Crippen molar-refractivity contribution in [1.29, 1.82) is 5.41 Å². The Hall–Kier alpha value is -0.770. The van der Waals surface area contributed by atoms with Gasteiger partial charge in [0, 0.05) is 13.1 Å². The summed E-state index contributed by atoms with van der Waals surface area (Å²) in [7, 11) is 0. The van der Waals surface area contributed by atoms with E-state index in [2.05, 4.69) is 12.3 Å². The molecule has 0 aromatic rings. The number of nitrogens with zero attached hydrogens (tertiary/aromatic N) is 1. The second-order valence-electron chi connectivity index (χ2n) is 2.98. The van der Waals surface area contributed by atoms with E-state index in [9.17, 15) is 0 Å². The van der Waals surface area contributed by atoms with Gasteiger partial charge in [0.25, 0.3) is 0 Å². The third-order valence-corrected chi connectivity index (χ3v) is 1.80. The molecule has 4 N–H and O–H groups in total. The molecule has 1 aliphatic rings. The van der Waals surface area contributed by atoms with E-state index < -0.39 is 0 Å². The predicted molar refractivity (Wildman–Crippen MR) is 44.7 cm³/mol. The first-order valence-corrected chi connectivity index (χ1v) is 3.87. The average molecular weight is 155 g/mol. The van der Waals surface area contributed by atoms with Crippen LogP contribution in [0.1, 0.15) is 12.8 Å². The van der Waals surface area contributed by atoms with Crippen LogP contribution < -0.4 is 11.2 Å². The minimum atomic E-state index is 0.0131. The van der Waals surface area contributed by atoms with Crippen LogP contribution in [-0.4, -0.2) is 24.1 Å². The molecule has 0 amide bonds. The zero-order chi connectivity index (χ0) is 8.27. The van der Waals surface area contributed by atoms with Gasteiger partial charge in [-0.1, -0.05) is 0 Å². The van der Waals surface area contributed by atoms with E-state index in [1.807, 2.05) is 5.01 Å². The number of hydrazine groups is 1. The van der Waals surface area contributed by atoms with Gasteiger partial charge in [0.1, 0.15) is 0 Å². The molecule has 0 aromatic heterocycles. The molecule has 0 aliphatic carbocycles. The van der Waals surface area contributed by atoms with Crippen molar-refractivity contribution >= 4 is 5.96 Å². The number of hydrogen-bond acceptors (Lipinski definition) is 2. The van der Waals surface area contributed by atoms with Gasteiger partial charge >= 0.3 is 0 Å². The van der Waals surface area contributed by atoms with E-state index in [1.165, 1.54) is 6.42 Å². The first-order chi connectivity index (χ1) is 5.18. The number of nitrogens with one attached hydrogen (secondary N) is 2. The molecule has 1 heterocycles. The quantitative estimate of drug-likeness (QED) is 0.367. The van der Waals surface area contributed by atoms with Gasteiger partial charge in [0.05, 0.1) is 0 Å². The smallest absolute Gasteiger partial charge is 0.200 e. The molecule has 1 fully saturated rings. The van der Waals surface area contributed by atoms with Gasteiger partial charge in [0.15, 0.2) is 0 Å². The second-order valence-corrected chi connectivity index (χ2v) is 2.98. The lowest BCUT2D eigenvalue weighted by molar-refractivity contribution is 0.163. The zero-order valence-corrected chi connectivity index (χ0v) is 6.64. The lowest BCUT2D eigenvalue weighted by Crippen LogP contribution is -2.49. The van der Waals surface area contributed by atoms with Crippen molar-refractivity contribution in [2.75, 3.05) is 13.1 Å². The SMILES string of the molecule is [CH2]C1CCCN(NC(=N)N)C1. The summed E-state index contributed by atoms with van der Waals surface area (Å²) in [6, 6.07) is 0. The predicted octanol–water partition coefficient (Wildman–Crippen LogP) is -0.0694. The Bertz CT molecular complexity index is 145. The number of hydrogen-bond donors (Lipinski definition) is 3. The molecular formula is C7H15N4. The van der Waals surface area contributed by atoms with Gasteiger partial charge in [-0.15, -0.1) is 0 Å². The number of nitrogens with two attached hydrogens (primary N) is 1. The van der Waals surface area contributed by atoms with Crippen LogP contribution in [0.15, 0.2) is 0 Å². The molecule has 4 nitrogen and oxygen atoms in total. The molecule has 63 valence electrons. The van der Waals surface area contributed by atoms with E-state index in [-0.39, 0.29) is 5.96 Å². The Balaban J connectivity index is 2.28. The van der Waals surface area contributed by atoms with Crippen LogP contribution >= 0.6 is 0 Å². The van der Waals surface area contributed by atoms with Crippen molar-refractivity contribution in [1.82, 2.24) is 10.4 Å². The highest BCUT2D eigenvalue weighted by molar-refractivity contribution is 5.73. The van der Waals surface area contributed by atoms with Gasteiger partial charge in [-0.25, -0.2) is 5.01 Å². The maximum atomic E-state index is 7.00. The third kappa shape index (κ3) is 2.76. The molecule has 1 rings (SSSR count).